The van der Waals surface area contributed by atoms with Gasteiger partial charge in [0.15, 0.2) is 0 Å². The summed E-state index contributed by atoms with van der Waals surface area (Å²) in [5, 5.41) is 9.99. The van der Waals surface area contributed by atoms with E-state index in [2.05, 4.69) is 37.6 Å². The van der Waals surface area contributed by atoms with E-state index in [1.165, 1.54) is 5.69 Å². The number of hydrogen-bond donors (Lipinski definition) is 1. The Morgan fingerprint density at radius 3 is 2.93 bits per heavy atom. The molecule has 0 aromatic carbocycles. The van der Waals surface area contributed by atoms with Crippen molar-refractivity contribution in [2.24, 2.45) is 5.41 Å². The average Bonchev–Trinajstić information content (AvgIpc) is 2.45. The molecule has 1 N–H and O–H groups in total. The zero-order valence-electron chi connectivity index (χ0n) is 9.25. The van der Waals surface area contributed by atoms with Crippen molar-refractivity contribution in [3.63, 3.8) is 0 Å². The Kier molecular flexibility index (Phi) is 2.18. The summed E-state index contributed by atoms with van der Waals surface area (Å²) in [6.45, 7) is 7.60. The van der Waals surface area contributed by atoms with E-state index in [0.717, 1.165) is 24.9 Å². The van der Waals surface area contributed by atoms with Gasteiger partial charge >= 0.3 is 0 Å². The smallest absolute Gasteiger partial charge is 0.0812 e. The van der Waals surface area contributed by atoms with Gasteiger partial charge in [0.05, 0.1) is 6.10 Å². The topological polar surface area (TPSA) is 25.2 Å². The van der Waals surface area contributed by atoms with Crippen LogP contribution in [-0.4, -0.2) is 9.67 Å². The van der Waals surface area contributed by atoms with Crippen molar-refractivity contribution in [3.8, 4) is 0 Å². The van der Waals surface area contributed by atoms with Crippen LogP contribution >= 0.6 is 0 Å². The van der Waals surface area contributed by atoms with Crippen LogP contribution in [0.1, 0.15) is 44.6 Å². The first-order valence-electron chi connectivity index (χ1n) is 5.39. The maximum Gasteiger partial charge on any atom is 0.0812 e. The van der Waals surface area contributed by atoms with Crippen LogP contribution in [0.25, 0.3) is 0 Å². The van der Waals surface area contributed by atoms with E-state index in [0.29, 0.717) is 0 Å². The highest BCUT2D eigenvalue weighted by molar-refractivity contribution is 5.29. The van der Waals surface area contributed by atoms with E-state index in [-0.39, 0.29) is 11.5 Å². The maximum absolute atomic E-state index is 9.99. The van der Waals surface area contributed by atoms with Crippen molar-refractivity contribution in [1.29, 1.82) is 0 Å². The minimum Gasteiger partial charge on any atom is -0.388 e. The predicted molar refractivity (Wildman–Crippen MR) is 57.2 cm³/mol. The number of aromatic nitrogens is 1. The fraction of sp³-hybridized carbons (Fsp3) is 0.667. The summed E-state index contributed by atoms with van der Waals surface area (Å²) >= 11 is 0. The summed E-state index contributed by atoms with van der Waals surface area (Å²) in [6.07, 6.45) is 3.80. The van der Waals surface area contributed by atoms with Crippen molar-refractivity contribution in [2.45, 2.75) is 46.3 Å². The summed E-state index contributed by atoms with van der Waals surface area (Å²) < 4.78 is 2.25. The highest BCUT2D eigenvalue weighted by Crippen LogP contribution is 2.40. The molecule has 1 atom stereocenters. The standard InChI is InChI=1S/C12H19NO/c1-4-13-6-5-9-10(13)7-12(2,3)8-11(9)14/h5-6,11,14H,4,7-8H2,1-3H3. The molecular weight excluding hydrogens is 174 g/mol. The van der Waals surface area contributed by atoms with Crippen LogP contribution in [0.3, 0.4) is 0 Å². The third kappa shape index (κ3) is 1.48. The van der Waals surface area contributed by atoms with Crippen molar-refractivity contribution >= 4 is 0 Å². The number of hydrogen-bond acceptors (Lipinski definition) is 1. The van der Waals surface area contributed by atoms with Gasteiger partial charge < -0.3 is 9.67 Å². The molecule has 0 bridgehead atoms. The molecule has 2 nitrogen and oxygen atoms in total. The van der Waals surface area contributed by atoms with Crippen molar-refractivity contribution in [1.82, 2.24) is 4.57 Å². The van der Waals surface area contributed by atoms with Crippen molar-refractivity contribution < 1.29 is 5.11 Å². The molecular formula is C12H19NO. The van der Waals surface area contributed by atoms with Gasteiger partial charge in [-0.2, -0.15) is 0 Å². The molecule has 1 aromatic heterocycles. The molecule has 0 saturated heterocycles. The molecule has 1 aromatic rings. The Morgan fingerprint density at radius 2 is 2.29 bits per heavy atom. The van der Waals surface area contributed by atoms with Crippen LogP contribution < -0.4 is 0 Å². The number of aliphatic hydroxyl groups is 1. The third-order valence-electron chi connectivity index (χ3n) is 3.21. The first-order valence-corrected chi connectivity index (χ1v) is 5.39. The van der Waals surface area contributed by atoms with Crippen LogP contribution in [0, 0.1) is 5.41 Å². The Morgan fingerprint density at radius 1 is 1.57 bits per heavy atom. The molecule has 0 spiro atoms. The number of fused-ring (bicyclic) bond motifs is 1. The normalized spacial score (nSPS) is 24.7. The lowest BCUT2D eigenvalue weighted by Crippen LogP contribution is -2.26. The zero-order valence-corrected chi connectivity index (χ0v) is 9.25. The van der Waals surface area contributed by atoms with Gasteiger partial charge in [-0.25, -0.2) is 0 Å². The van der Waals surface area contributed by atoms with E-state index in [1.54, 1.807) is 0 Å². The molecule has 2 rings (SSSR count). The second-order valence-electron chi connectivity index (χ2n) is 5.06. The average molecular weight is 193 g/mol. The van der Waals surface area contributed by atoms with Crippen molar-refractivity contribution in [3.05, 3.63) is 23.5 Å². The fourth-order valence-corrected chi connectivity index (χ4v) is 2.48. The molecule has 0 saturated carbocycles. The van der Waals surface area contributed by atoms with E-state index < -0.39 is 0 Å². The minimum atomic E-state index is -0.262. The lowest BCUT2D eigenvalue weighted by atomic mass is 9.75. The Labute approximate surface area is 85.6 Å². The van der Waals surface area contributed by atoms with Gasteiger partial charge in [0, 0.05) is 24.0 Å². The number of aryl methyl sites for hydroxylation is 1. The summed E-state index contributed by atoms with van der Waals surface area (Å²) in [5.74, 6) is 0. The monoisotopic (exact) mass is 193 g/mol. The van der Waals surface area contributed by atoms with Crippen LogP contribution in [-0.2, 0) is 13.0 Å². The van der Waals surface area contributed by atoms with Crippen molar-refractivity contribution in [2.75, 3.05) is 0 Å². The van der Waals surface area contributed by atoms with Gasteiger partial charge in [-0.05, 0) is 31.2 Å². The molecule has 0 fully saturated rings. The number of rotatable bonds is 1. The minimum absolute atomic E-state index is 0.234. The largest absolute Gasteiger partial charge is 0.388 e. The summed E-state index contributed by atoms with van der Waals surface area (Å²) in [7, 11) is 0. The van der Waals surface area contributed by atoms with Gasteiger partial charge in [0.2, 0.25) is 0 Å². The quantitative estimate of drug-likeness (QED) is 0.728. The zero-order chi connectivity index (χ0) is 10.3. The van der Waals surface area contributed by atoms with Gasteiger partial charge in [0.25, 0.3) is 0 Å². The number of nitrogens with zero attached hydrogens (tertiary/aromatic N) is 1. The molecule has 1 aliphatic carbocycles. The number of aliphatic hydroxyl groups excluding tert-OH is 1. The van der Waals surface area contributed by atoms with Gasteiger partial charge in [-0.1, -0.05) is 13.8 Å². The molecule has 0 radical (unpaired) electrons. The molecule has 78 valence electrons. The molecule has 0 amide bonds. The Balaban J connectivity index is 2.43. The first-order chi connectivity index (χ1) is 6.53. The van der Waals surface area contributed by atoms with Gasteiger partial charge in [0.1, 0.15) is 0 Å². The summed E-state index contributed by atoms with van der Waals surface area (Å²) in [6, 6.07) is 2.07. The third-order valence-corrected chi connectivity index (χ3v) is 3.21. The van der Waals surface area contributed by atoms with Crippen LogP contribution in [0.15, 0.2) is 12.3 Å². The molecule has 1 aliphatic rings. The van der Waals surface area contributed by atoms with Crippen LogP contribution in [0.5, 0.6) is 0 Å². The molecule has 0 aliphatic heterocycles. The SMILES string of the molecule is CCn1ccc2c1CC(C)(C)CC2O. The molecule has 2 heteroatoms. The summed E-state index contributed by atoms with van der Waals surface area (Å²) in [4.78, 5) is 0. The lowest BCUT2D eigenvalue weighted by Gasteiger charge is -2.33. The van der Waals surface area contributed by atoms with Gasteiger partial charge in [-0.3, -0.25) is 0 Å². The maximum atomic E-state index is 9.99. The second-order valence-corrected chi connectivity index (χ2v) is 5.06. The Bertz CT molecular complexity index is 338. The lowest BCUT2D eigenvalue weighted by molar-refractivity contribution is 0.0980. The van der Waals surface area contributed by atoms with Crippen LogP contribution in [0.4, 0.5) is 0 Å². The molecule has 1 unspecified atom stereocenters. The Hall–Kier alpha value is -0.760. The first kappa shape index (κ1) is 9.78. The van der Waals surface area contributed by atoms with Crippen LogP contribution in [0.2, 0.25) is 0 Å². The fourth-order valence-electron chi connectivity index (χ4n) is 2.48. The van der Waals surface area contributed by atoms with E-state index >= 15 is 0 Å². The van der Waals surface area contributed by atoms with E-state index in [4.69, 9.17) is 0 Å². The summed E-state index contributed by atoms with van der Waals surface area (Å²) in [5.41, 5.74) is 2.71. The van der Waals surface area contributed by atoms with E-state index in [9.17, 15) is 5.11 Å². The molecule has 14 heavy (non-hydrogen) atoms. The predicted octanol–water partition coefficient (Wildman–Crippen LogP) is 2.51. The van der Waals surface area contributed by atoms with E-state index in [1.807, 2.05) is 0 Å². The highest BCUT2D eigenvalue weighted by Gasteiger charge is 2.32. The van der Waals surface area contributed by atoms with Gasteiger partial charge in [-0.15, -0.1) is 0 Å². The highest BCUT2D eigenvalue weighted by atomic mass is 16.3. The molecule has 1 heterocycles. The second kappa shape index (κ2) is 3.13.